The number of aromatic nitrogens is 1. The summed E-state index contributed by atoms with van der Waals surface area (Å²) in [6.07, 6.45) is 3.74. The van der Waals surface area contributed by atoms with Gasteiger partial charge in [-0.2, -0.15) is 0 Å². The van der Waals surface area contributed by atoms with Crippen molar-refractivity contribution in [3.63, 3.8) is 0 Å². The fourth-order valence-electron chi connectivity index (χ4n) is 3.09. The van der Waals surface area contributed by atoms with Gasteiger partial charge in [-0.3, -0.25) is 9.88 Å². The number of piperazine rings is 1. The number of hydrogen-bond acceptors (Lipinski definition) is 4. The fraction of sp³-hybridized carbons (Fsp3) is 0.389. The third-order valence-corrected chi connectivity index (χ3v) is 4.48. The average Bonchev–Trinajstić information content (AvgIpc) is 2.62. The fourth-order valence-corrected chi connectivity index (χ4v) is 3.09. The smallest absolute Gasteiger partial charge is 0.142 e. The number of methoxy groups -OCH3 is 1. The molecule has 0 amide bonds. The van der Waals surface area contributed by atoms with Crippen LogP contribution in [-0.4, -0.2) is 43.2 Å². The molecule has 1 aliphatic rings. The SMILES string of the molecule is COc1ccccc1N1CCN(C(C)c2ccncc2)CC1. The van der Waals surface area contributed by atoms with Gasteiger partial charge in [-0.05, 0) is 36.8 Å². The van der Waals surface area contributed by atoms with E-state index in [0.29, 0.717) is 6.04 Å². The molecule has 1 aliphatic heterocycles. The van der Waals surface area contributed by atoms with Gasteiger partial charge in [0.2, 0.25) is 0 Å². The van der Waals surface area contributed by atoms with E-state index in [0.717, 1.165) is 31.9 Å². The maximum Gasteiger partial charge on any atom is 0.142 e. The van der Waals surface area contributed by atoms with E-state index in [1.165, 1.54) is 11.3 Å². The van der Waals surface area contributed by atoms with E-state index in [1.807, 2.05) is 24.5 Å². The van der Waals surface area contributed by atoms with E-state index in [4.69, 9.17) is 4.74 Å². The quantitative estimate of drug-likeness (QED) is 0.867. The number of ether oxygens (including phenoxy) is 1. The van der Waals surface area contributed by atoms with Crippen LogP contribution < -0.4 is 9.64 Å². The Balaban J connectivity index is 1.65. The number of rotatable bonds is 4. The number of anilines is 1. The van der Waals surface area contributed by atoms with E-state index in [9.17, 15) is 0 Å². The third-order valence-electron chi connectivity index (χ3n) is 4.48. The first-order chi connectivity index (χ1) is 10.8. The summed E-state index contributed by atoms with van der Waals surface area (Å²) in [6, 6.07) is 12.9. The van der Waals surface area contributed by atoms with Crippen LogP contribution in [0.4, 0.5) is 5.69 Å². The molecule has 2 aromatic rings. The molecule has 1 aromatic carbocycles. The second kappa shape index (κ2) is 6.79. The predicted octanol–water partition coefficient (Wildman–Crippen LogP) is 2.97. The topological polar surface area (TPSA) is 28.6 Å². The molecule has 0 bridgehead atoms. The largest absolute Gasteiger partial charge is 0.495 e. The van der Waals surface area contributed by atoms with Crippen LogP contribution in [0, 0.1) is 0 Å². The predicted molar refractivity (Wildman–Crippen MR) is 89.4 cm³/mol. The van der Waals surface area contributed by atoms with Gasteiger partial charge < -0.3 is 9.64 Å². The number of benzene rings is 1. The van der Waals surface area contributed by atoms with Crippen molar-refractivity contribution in [2.45, 2.75) is 13.0 Å². The van der Waals surface area contributed by atoms with Gasteiger partial charge in [0.05, 0.1) is 12.8 Å². The zero-order valence-electron chi connectivity index (χ0n) is 13.3. The van der Waals surface area contributed by atoms with Gasteiger partial charge in [0.1, 0.15) is 5.75 Å². The van der Waals surface area contributed by atoms with Crippen LogP contribution in [0.1, 0.15) is 18.5 Å². The summed E-state index contributed by atoms with van der Waals surface area (Å²) in [5.74, 6) is 0.957. The lowest BCUT2D eigenvalue weighted by Gasteiger charge is -2.39. The molecular formula is C18H23N3O. The van der Waals surface area contributed by atoms with Crippen LogP contribution in [0.5, 0.6) is 5.75 Å². The zero-order chi connectivity index (χ0) is 15.4. The highest BCUT2D eigenvalue weighted by Crippen LogP contribution is 2.29. The summed E-state index contributed by atoms with van der Waals surface area (Å²) in [5, 5.41) is 0. The lowest BCUT2D eigenvalue weighted by molar-refractivity contribution is 0.198. The van der Waals surface area contributed by atoms with Gasteiger partial charge in [-0.25, -0.2) is 0 Å². The van der Waals surface area contributed by atoms with Crippen molar-refractivity contribution in [1.82, 2.24) is 9.88 Å². The normalized spacial score (nSPS) is 17.3. The van der Waals surface area contributed by atoms with E-state index < -0.39 is 0 Å². The summed E-state index contributed by atoms with van der Waals surface area (Å²) in [6.45, 7) is 6.43. The first kappa shape index (κ1) is 14.9. The maximum atomic E-state index is 5.48. The monoisotopic (exact) mass is 297 g/mol. The summed E-state index contributed by atoms with van der Waals surface area (Å²) in [7, 11) is 1.74. The minimum absolute atomic E-state index is 0.433. The zero-order valence-corrected chi connectivity index (χ0v) is 13.3. The van der Waals surface area contributed by atoms with Crippen molar-refractivity contribution in [3.05, 3.63) is 54.4 Å². The Morgan fingerprint density at radius 1 is 1.00 bits per heavy atom. The van der Waals surface area contributed by atoms with Crippen molar-refractivity contribution < 1.29 is 4.74 Å². The Labute approximate surface area is 132 Å². The molecule has 1 atom stereocenters. The minimum atomic E-state index is 0.433. The van der Waals surface area contributed by atoms with Crippen LogP contribution in [0.25, 0.3) is 0 Å². The molecule has 0 N–H and O–H groups in total. The van der Waals surface area contributed by atoms with Gasteiger partial charge in [-0.15, -0.1) is 0 Å². The molecule has 1 unspecified atom stereocenters. The van der Waals surface area contributed by atoms with E-state index >= 15 is 0 Å². The van der Waals surface area contributed by atoms with Crippen LogP contribution in [-0.2, 0) is 0 Å². The summed E-state index contributed by atoms with van der Waals surface area (Å²) >= 11 is 0. The molecule has 0 radical (unpaired) electrons. The molecule has 2 heterocycles. The maximum absolute atomic E-state index is 5.48. The first-order valence-electron chi connectivity index (χ1n) is 7.81. The van der Waals surface area contributed by atoms with Crippen LogP contribution in [0.2, 0.25) is 0 Å². The summed E-state index contributed by atoms with van der Waals surface area (Å²) in [4.78, 5) is 9.04. The van der Waals surface area contributed by atoms with E-state index in [1.54, 1.807) is 7.11 Å². The highest BCUT2D eigenvalue weighted by atomic mass is 16.5. The van der Waals surface area contributed by atoms with Gasteiger partial charge in [-0.1, -0.05) is 12.1 Å². The van der Waals surface area contributed by atoms with Crippen LogP contribution in [0.3, 0.4) is 0 Å². The number of nitrogens with zero attached hydrogens (tertiary/aromatic N) is 3. The van der Waals surface area contributed by atoms with Crippen molar-refractivity contribution in [2.75, 3.05) is 38.2 Å². The second-order valence-electron chi connectivity index (χ2n) is 5.65. The van der Waals surface area contributed by atoms with Crippen molar-refractivity contribution in [1.29, 1.82) is 0 Å². The Morgan fingerprint density at radius 2 is 1.68 bits per heavy atom. The molecular weight excluding hydrogens is 274 g/mol. The molecule has 116 valence electrons. The third kappa shape index (κ3) is 3.07. The molecule has 0 spiro atoms. The van der Waals surface area contributed by atoms with Crippen molar-refractivity contribution in [2.24, 2.45) is 0 Å². The molecule has 1 fully saturated rings. The molecule has 1 saturated heterocycles. The lowest BCUT2D eigenvalue weighted by Crippen LogP contribution is -2.47. The van der Waals surface area contributed by atoms with Crippen LogP contribution >= 0.6 is 0 Å². The highest BCUT2D eigenvalue weighted by Gasteiger charge is 2.23. The Hall–Kier alpha value is -2.07. The van der Waals surface area contributed by atoms with Crippen molar-refractivity contribution >= 4 is 5.69 Å². The van der Waals surface area contributed by atoms with Gasteiger partial charge in [0.25, 0.3) is 0 Å². The molecule has 0 aliphatic carbocycles. The van der Waals surface area contributed by atoms with E-state index in [-0.39, 0.29) is 0 Å². The average molecular weight is 297 g/mol. The standard InChI is InChI=1S/C18H23N3O/c1-15(16-7-9-19-10-8-16)20-11-13-21(14-12-20)17-5-3-4-6-18(17)22-2/h3-10,15H,11-14H2,1-2H3. The molecule has 4 heteroatoms. The number of hydrogen-bond donors (Lipinski definition) is 0. The number of para-hydroxylation sites is 2. The Morgan fingerprint density at radius 3 is 2.36 bits per heavy atom. The molecule has 3 rings (SSSR count). The second-order valence-corrected chi connectivity index (χ2v) is 5.65. The molecule has 22 heavy (non-hydrogen) atoms. The summed E-state index contributed by atoms with van der Waals surface area (Å²) in [5.41, 5.74) is 2.53. The van der Waals surface area contributed by atoms with Gasteiger partial charge >= 0.3 is 0 Å². The van der Waals surface area contributed by atoms with E-state index in [2.05, 4.69) is 46.0 Å². The first-order valence-corrected chi connectivity index (χ1v) is 7.81. The molecule has 0 saturated carbocycles. The Kier molecular flexibility index (Phi) is 4.59. The Bertz CT molecular complexity index is 594. The highest BCUT2D eigenvalue weighted by molar-refractivity contribution is 5.58. The summed E-state index contributed by atoms with van der Waals surface area (Å²) < 4.78 is 5.48. The van der Waals surface area contributed by atoms with Crippen molar-refractivity contribution in [3.8, 4) is 5.75 Å². The van der Waals surface area contributed by atoms with Crippen LogP contribution in [0.15, 0.2) is 48.8 Å². The molecule has 1 aromatic heterocycles. The van der Waals surface area contributed by atoms with Gasteiger partial charge in [0, 0.05) is 44.6 Å². The molecule has 4 nitrogen and oxygen atoms in total. The number of pyridine rings is 1. The minimum Gasteiger partial charge on any atom is -0.495 e. The lowest BCUT2D eigenvalue weighted by atomic mass is 10.1. The van der Waals surface area contributed by atoms with Gasteiger partial charge in [0.15, 0.2) is 0 Å².